The van der Waals surface area contributed by atoms with Crippen molar-refractivity contribution in [2.24, 2.45) is 0 Å². The lowest BCUT2D eigenvalue weighted by molar-refractivity contribution is 0.0698. The molecule has 2 N–H and O–H groups in total. The summed E-state index contributed by atoms with van der Waals surface area (Å²) in [5.41, 5.74) is 1.44. The smallest absolute Gasteiger partial charge is 0.337 e. The lowest BCUT2D eigenvalue weighted by atomic mass is 10.1. The maximum atomic E-state index is 13.6. The van der Waals surface area contributed by atoms with Gasteiger partial charge in [-0.3, -0.25) is 4.40 Å². The van der Waals surface area contributed by atoms with Crippen LogP contribution < -0.4 is 5.32 Å². The van der Waals surface area contributed by atoms with Crippen LogP contribution >= 0.6 is 0 Å². The average molecular weight is 262 g/mol. The Hall–Kier alpha value is -1.88. The van der Waals surface area contributed by atoms with Gasteiger partial charge in [0.15, 0.2) is 5.95 Å². The zero-order chi connectivity index (χ0) is 13.6. The Morgan fingerprint density at radius 2 is 2.26 bits per heavy atom. The molecule has 0 amide bonds. The van der Waals surface area contributed by atoms with Crippen molar-refractivity contribution in [1.82, 2.24) is 9.72 Å². The minimum atomic E-state index is -1.04. The van der Waals surface area contributed by atoms with Gasteiger partial charge in [0, 0.05) is 18.3 Å². The number of carbonyl (C=O) groups is 1. The fourth-order valence-electron chi connectivity index (χ4n) is 2.18. The molecule has 4 nitrogen and oxygen atoms in total. The molecule has 1 saturated carbocycles. The van der Waals surface area contributed by atoms with Gasteiger partial charge in [0.25, 0.3) is 0 Å². The molecule has 1 fully saturated rings. The Balaban J connectivity index is 1.99. The van der Waals surface area contributed by atoms with Crippen LogP contribution in [0.5, 0.6) is 0 Å². The van der Waals surface area contributed by atoms with Gasteiger partial charge in [-0.05, 0) is 43.5 Å². The summed E-state index contributed by atoms with van der Waals surface area (Å²) in [6.07, 6.45) is 3.90. The summed E-state index contributed by atoms with van der Waals surface area (Å²) >= 11 is 0. The van der Waals surface area contributed by atoms with Gasteiger partial charge >= 0.3 is 5.97 Å². The second-order valence-electron chi connectivity index (χ2n) is 5.39. The highest BCUT2D eigenvalue weighted by molar-refractivity contribution is 5.95. The molecular formula is C14H15FN2O2. The molecule has 0 atom stereocenters. The maximum absolute atomic E-state index is 13.6. The third kappa shape index (κ3) is 2.21. The van der Waals surface area contributed by atoms with Crippen molar-refractivity contribution in [2.75, 3.05) is 0 Å². The molecule has 2 heterocycles. The number of carboxylic acid groups (broad SMARTS) is 1. The van der Waals surface area contributed by atoms with Gasteiger partial charge in [0.05, 0.1) is 11.1 Å². The minimum Gasteiger partial charge on any atom is -0.478 e. The van der Waals surface area contributed by atoms with E-state index in [0.29, 0.717) is 12.1 Å². The van der Waals surface area contributed by atoms with Crippen LogP contribution in [0.15, 0.2) is 24.4 Å². The first-order valence-electron chi connectivity index (χ1n) is 6.26. The van der Waals surface area contributed by atoms with Gasteiger partial charge < -0.3 is 10.4 Å². The summed E-state index contributed by atoms with van der Waals surface area (Å²) in [6, 6.07) is 4.37. The molecule has 1 aliphatic carbocycles. The average Bonchev–Trinajstić information content (AvgIpc) is 3.00. The van der Waals surface area contributed by atoms with Gasteiger partial charge in [0.1, 0.15) is 0 Å². The molecule has 0 aromatic carbocycles. The van der Waals surface area contributed by atoms with Gasteiger partial charge in [0.2, 0.25) is 0 Å². The van der Waals surface area contributed by atoms with E-state index in [-0.39, 0.29) is 11.1 Å². The molecule has 0 spiro atoms. The molecule has 2 aromatic rings. The van der Waals surface area contributed by atoms with Crippen molar-refractivity contribution in [3.05, 3.63) is 41.5 Å². The molecule has 0 radical (unpaired) electrons. The molecule has 19 heavy (non-hydrogen) atoms. The topological polar surface area (TPSA) is 53.7 Å². The predicted octanol–water partition coefficient (Wildman–Crippen LogP) is 2.42. The lowest BCUT2D eigenvalue weighted by Gasteiger charge is -2.12. The zero-order valence-electron chi connectivity index (χ0n) is 10.6. The second kappa shape index (κ2) is 4.06. The van der Waals surface area contributed by atoms with Gasteiger partial charge in [-0.2, -0.15) is 4.39 Å². The Labute approximate surface area is 109 Å². The first-order valence-corrected chi connectivity index (χ1v) is 6.26. The number of pyridine rings is 1. The van der Waals surface area contributed by atoms with Crippen LogP contribution in [0.1, 0.15) is 35.7 Å². The SMILES string of the molecule is CC1(NCc2cc(C(=O)O)c3ccc(F)n3c2)CC1. The van der Waals surface area contributed by atoms with E-state index in [1.807, 2.05) is 0 Å². The monoisotopic (exact) mass is 262 g/mol. The molecule has 1 aliphatic rings. The number of nitrogens with one attached hydrogen (secondary N) is 1. The second-order valence-corrected chi connectivity index (χ2v) is 5.39. The Kier molecular flexibility index (Phi) is 2.60. The van der Waals surface area contributed by atoms with Crippen molar-refractivity contribution in [3.63, 3.8) is 0 Å². The van der Waals surface area contributed by atoms with Gasteiger partial charge in [-0.1, -0.05) is 0 Å². The summed E-state index contributed by atoms with van der Waals surface area (Å²) in [6.45, 7) is 2.67. The van der Waals surface area contributed by atoms with E-state index >= 15 is 0 Å². The Morgan fingerprint density at radius 3 is 2.89 bits per heavy atom. The number of aromatic nitrogens is 1. The van der Waals surface area contributed by atoms with Crippen LogP contribution in [0.2, 0.25) is 0 Å². The van der Waals surface area contributed by atoms with Crippen LogP contribution in [0.3, 0.4) is 0 Å². The third-order valence-electron chi connectivity index (χ3n) is 3.72. The fourth-order valence-corrected chi connectivity index (χ4v) is 2.18. The molecule has 2 aromatic heterocycles. The molecule has 0 bridgehead atoms. The van der Waals surface area contributed by atoms with Crippen LogP contribution in [-0.2, 0) is 6.54 Å². The summed E-state index contributed by atoms with van der Waals surface area (Å²) < 4.78 is 14.9. The number of hydrogen-bond donors (Lipinski definition) is 2. The molecule has 0 aliphatic heterocycles. The largest absolute Gasteiger partial charge is 0.478 e. The number of nitrogens with zero attached hydrogens (tertiary/aromatic N) is 1. The van der Waals surface area contributed by atoms with E-state index in [0.717, 1.165) is 18.4 Å². The highest BCUT2D eigenvalue weighted by atomic mass is 19.1. The predicted molar refractivity (Wildman–Crippen MR) is 68.8 cm³/mol. The van der Waals surface area contributed by atoms with Crippen LogP contribution in [-0.4, -0.2) is 21.0 Å². The van der Waals surface area contributed by atoms with Crippen LogP contribution in [0, 0.1) is 5.95 Å². The highest BCUT2D eigenvalue weighted by Gasteiger charge is 2.36. The van der Waals surface area contributed by atoms with Crippen LogP contribution in [0.25, 0.3) is 5.52 Å². The number of halogens is 1. The van der Waals surface area contributed by atoms with Gasteiger partial charge in [-0.15, -0.1) is 0 Å². The quantitative estimate of drug-likeness (QED) is 0.889. The number of hydrogen-bond acceptors (Lipinski definition) is 2. The standard InChI is InChI=1S/C14H15FN2O2/c1-14(4-5-14)16-7-9-6-10(13(18)19)11-2-3-12(15)17(11)8-9/h2-3,6,8,16H,4-5,7H2,1H3,(H,18,19). The molecular weight excluding hydrogens is 247 g/mol. The molecule has 3 rings (SSSR count). The van der Waals surface area contributed by atoms with Crippen molar-refractivity contribution >= 4 is 11.5 Å². The van der Waals surface area contributed by atoms with E-state index in [2.05, 4.69) is 12.2 Å². The lowest BCUT2D eigenvalue weighted by Crippen LogP contribution is -2.27. The first-order chi connectivity index (χ1) is 8.98. The van der Waals surface area contributed by atoms with E-state index in [4.69, 9.17) is 0 Å². The normalized spacial score (nSPS) is 16.7. The van der Waals surface area contributed by atoms with E-state index in [9.17, 15) is 14.3 Å². The molecule has 0 unspecified atom stereocenters. The summed E-state index contributed by atoms with van der Waals surface area (Å²) in [5.74, 6) is -1.49. The number of fused-ring (bicyclic) bond motifs is 1. The van der Waals surface area contributed by atoms with Crippen molar-refractivity contribution < 1.29 is 14.3 Å². The Bertz CT molecular complexity index is 659. The third-order valence-corrected chi connectivity index (χ3v) is 3.72. The van der Waals surface area contributed by atoms with Gasteiger partial charge in [-0.25, -0.2) is 4.79 Å². The van der Waals surface area contributed by atoms with Crippen LogP contribution in [0.4, 0.5) is 4.39 Å². The number of rotatable bonds is 4. The molecule has 0 saturated heterocycles. The highest BCUT2D eigenvalue weighted by Crippen LogP contribution is 2.34. The maximum Gasteiger partial charge on any atom is 0.337 e. The number of aromatic carboxylic acids is 1. The van der Waals surface area contributed by atoms with Crippen molar-refractivity contribution in [2.45, 2.75) is 31.8 Å². The molecule has 5 heteroatoms. The van der Waals surface area contributed by atoms with E-state index in [1.165, 1.54) is 16.5 Å². The Morgan fingerprint density at radius 1 is 1.53 bits per heavy atom. The van der Waals surface area contributed by atoms with Crippen molar-refractivity contribution in [1.29, 1.82) is 0 Å². The van der Waals surface area contributed by atoms with E-state index < -0.39 is 11.9 Å². The van der Waals surface area contributed by atoms with E-state index in [1.54, 1.807) is 12.3 Å². The summed E-state index contributed by atoms with van der Waals surface area (Å²) in [4.78, 5) is 11.2. The molecule has 100 valence electrons. The first kappa shape index (κ1) is 12.2. The summed E-state index contributed by atoms with van der Waals surface area (Å²) in [7, 11) is 0. The minimum absolute atomic E-state index is 0.129. The fraction of sp³-hybridized carbons (Fsp3) is 0.357. The number of carboxylic acids is 1. The zero-order valence-corrected chi connectivity index (χ0v) is 10.6. The summed E-state index contributed by atoms with van der Waals surface area (Å²) in [5, 5.41) is 12.6. The van der Waals surface area contributed by atoms with Crippen molar-refractivity contribution in [3.8, 4) is 0 Å².